The molecule has 1 aromatic carbocycles. The third kappa shape index (κ3) is 6.42. The van der Waals surface area contributed by atoms with Crippen LogP contribution in [0.2, 0.25) is 0 Å². The van der Waals surface area contributed by atoms with Gasteiger partial charge in [-0.3, -0.25) is 14.5 Å². The van der Waals surface area contributed by atoms with Crippen molar-refractivity contribution in [2.45, 2.75) is 46.8 Å². The molecule has 5 heterocycles. The lowest BCUT2D eigenvalue weighted by atomic mass is 10.0. The molecule has 1 aliphatic heterocycles. The Morgan fingerprint density at radius 1 is 1.09 bits per heavy atom. The molecule has 0 aliphatic carbocycles. The summed E-state index contributed by atoms with van der Waals surface area (Å²) in [6.45, 7) is 12.0. The van der Waals surface area contributed by atoms with Gasteiger partial charge in [-0.2, -0.15) is 0 Å². The summed E-state index contributed by atoms with van der Waals surface area (Å²) in [6.07, 6.45) is 6.03. The number of nitrogens with one attached hydrogen (secondary N) is 2. The maximum atomic E-state index is 13.8. The summed E-state index contributed by atoms with van der Waals surface area (Å²) in [5.41, 5.74) is 9.62. The lowest BCUT2D eigenvalue weighted by Crippen LogP contribution is -2.39. The Morgan fingerprint density at radius 2 is 1.87 bits per heavy atom. The van der Waals surface area contributed by atoms with Gasteiger partial charge in [0.2, 0.25) is 0 Å². The SMILES string of the molecule is Cc1cc(C)c(CNC(=O)c2cc3cc(-c4cn(-c5cccc(CN(C)C)c5)cn4)cn3c(C(C)N3CCOCC3)c2C)c(=O)[nH]1. The third-order valence-electron chi connectivity index (χ3n) is 8.93. The van der Waals surface area contributed by atoms with Gasteiger partial charge in [-0.15, -0.1) is 0 Å². The Kier molecular flexibility index (Phi) is 8.95. The number of ether oxygens (including phenoxy) is 1. The van der Waals surface area contributed by atoms with Crippen molar-refractivity contribution in [1.82, 2.24) is 34.1 Å². The van der Waals surface area contributed by atoms with Gasteiger partial charge in [-0.05, 0) is 88.8 Å². The average Bonchev–Trinajstić information content (AvgIpc) is 3.68. The van der Waals surface area contributed by atoms with Gasteiger partial charge in [-0.25, -0.2) is 4.98 Å². The fourth-order valence-corrected chi connectivity index (χ4v) is 6.56. The van der Waals surface area contributed by atoms with E-state index in [1.54, 1.807) is 0 Å². The summed E-state index contributed by atoms with van der Waals surface area (Å²) < 4.78 is 9.89. The van der Waals surface area contributed by atoms with Gasteiger partial charge < -0.3 is 28.9 Å². The quantitative estimate of drug-likeness (QED) is 0.246. The zero-order chi connectivity index (χ0) is 32.5. The highest BCUT2D eigenvalue weighted by Gasteiger charge is 2.26. The molecule has 0 saturated carbocycles. The molecular weight excluding hydrogens is 578 g/mol. The number of morpholine rings is 1. The molecule has 2 N–H and O–H groups in total. The highest BCUT2D eigenvalue weighted by Crippen LogP contribution is 2.32. The van der Waals surface area contributed by atoms with Gasteiger partial charge in [0.25, 0.3) is 11.5 Å². The highest BCUT2D eigenvalue weighted by molar-refractivity contribution is 5.97. The molecule has 1 aliphatic rings. The van der Waals surface area contributed by atoms with Crippen LogP contribution < -0.4 is 10.9 Å². The van der Waals surface area contributed by atoms with Crippen LogP contribution in [0.4, 0.5) is 0 Å². The molecule has 5 aromatic rings. The summed E-state index contributed by atoms with van der Waals surface area (Å²) in [5, 5.41) is 3.02. The molecule has 1 amide bonds. The summed E-state index contributed by atoms with van der Waals surface area (Å²) >= 11 is 0. The van der Waals surface area contributed by atoms with Crippen molar-refractivity contribution in [3.63, 3.8) is 0 Å². The van der Waals surface area contributed by atoms with Crippen LogP contribution in [0.3, 0.4) is 0 Å². The minimum Gasteiger partial charge on any atom is -0.379 e. The first-order chi connectivity index (χ1) is 22.1. The zero-order valence-corrected chi connectivity index (χ0v) is 27.6. The first kappa shape index (κ1) is 31.5. The number of carbonyl (C=O) groups is 1. The van der Waals surface area contributed by atoms with Gasteiger partial charge in [0.05, 0.1) is 25.2 Å². The summed E-state index contributed by atoms with van der Waals surface area (Å²) in [7, 11) is 4.13. The van der Waals surface area contributed by atoms with Crippen LogP contribution in [0.15, 0.2) is 66.0 Å². The van der Waals surface area contributed by atoms with E-state index in [1.165, 1.54) is 5.56 Å². The minimum atomic E-state index is -0.209. The van der Waals surface area contributed by atoms with Crippen molar-refractivity contribution < 1.29 is 9.53 Å². The lowest BCUT2D eigenvalue weighted by molar-refractivity contribution is 0.0187. The number of aryl methyl sites for hydroxylation is 2. The van der Waals surface area contributed by atoms with Crippen molar-refractivity contribution in [3.8, 4) is 16.9 Å². The van der Waals surface area contributed by atoms with E-state index >= 15 is 0 Å². The average molecular weight is 622 g/mol. The van der Waals surface area contributed by atoms with Crippen LogP contribution in [0.5, 0.6) is 0 Å². The number of rotatable bonds is 9. The van der Waals surface area contributed by atoms with Crippen LogP contribution in [0.25, 0.3) is 22.5 Å². The number of carbonyl (C=O) groups excluding carboxylic acids is 1. The zero-order valence-electron chi connectivity index (χ0n) is 27.6. The van der Waals surface area contributed by atoms with E-state index in [2.05, 4.69) is 88.2 Å². The summed E-state index contributed by atoms with van der Waals surface area (Å²) in [6, 6.07) is 14.5. The highest BCUT2D eigenvalue weighted by atomic mass is 16.5. The number of benzene rings is 1. The lowest BCUT2D eigenvalue weighted by Gasteiger charge is -2.34. The molecule has 1 unspecified atom stereocenters. The van der Waals surface area contributed by atoms with Crippen molar-refractivity contribution in [2.75, 3.05) is 40.4 Å². The second kappa shape index (κ2) is 13.1. The molecule has 10 heteroatoms. The molecule has 4 aromatic heterocycles. The maximum absolute atomic E-state index is 13.8. The smallest absolute Gasteiger partial charge is 0.253 e. The topological polar surface area (TPSA) is 99.9 Å². The first-order valence-electron chi connectivity index (χ1n) is 15.8. The molecule has 1 atom stereocenters. The van der Waals surface area contributed by atoms with Crippen LogP contribution in [0.1, 0.15) is 57.0 Å². The van der Waals surface area contributed by atoms with Gasteiger partial charge >= 0.3 is 0 Å². The third-order valence-corrected chi connectivity index (χ3v) is 8.93. The van der Waals surface area contributed by atoms with E-state index in [0.29, 0.717) is 24.3 Å². The monoisotopic (exact) mass is 621 g/mol. The maximum Gasteiger partial charge on any atom is 0.253 e. The van der Waals surface area contributed by atoms with E-state index in [9.17, 15) is 9.59 Å². The van der Waals surface area contributed by atoms with E-state index in [4.69, 9.17) is 9.72 Å². The second-order valence-corrected chi connectivity index (χ2v) is 12.6. The molecule has 46 heavy (non-hydrogen) atoms. The van der Waals surface area contributed by atoms with Gasteiger partial charge in [0.15, 0.2) is 0 Å². The van der Waals surface area contributed by atoms with Gasteiger partial charge in [0.1, 0.15) is 0 Å². The molecule has 0 spiro atoms. The fraction of sp³-hybridized carbons (Fsp3) is 0.361. The molecular formula is C36H43N7O3. The molecule has 240 valence electrons. The van der Waals surface area contributed by atoms with E-state index < -0.39 is 0 Å². The molecule has 6 rings (SSSR count). The summed E-state index contributed by atoms with van der Waals surface area (Å²) in [5.74, 6) is -0.209. The molecule has 1 saturated heterocycles. The van der Waals surface area contributed by atoms with Crippen LogP contribution in [0, 0.1) is 20.8 Å². The minimum absolute atomic E-state index is 0.0404. The Bertz CT molecular complexity index is 1950. The number of hydrogen-bond donors (Lipinski definition) is 2. The molecule has 10 nitrogen and oxygen atoms in total. The predicted octanol–water partition coefficient (Wildman–Crippen LogP) is 4.79. The molecule has 0 radical (unpaired) electrons. The molecule has 1 fully saturated rings. The van der Waals surface area contributed by atoms with Crippen molar-refractivity contribution >= 4 is 11.4 Å². The van der Waals surface area contributed by atoms with Gasteiger partial charge in [0, 0.05) is 83.9 Å². The fourth-order valence-electron chi connectivity index (χ4n) is 6.56. The summed E-state index contributed by atoms with van der Waals surface area (Å²) in [4.78, 5) is 38.6. The predicted molar refractivity (Wildman–Crippen MR) is 181 cm³/mol. The number of nitrogens with zero attached hydrogens (tertiary/aromatic N) is 5. The Labute approximate surface area is 269 Å². The number of fused-ring (bicyclic) bond motifs is 1. The van der Waals surface area contributed by atoms with Crippen molar-refractivity contribution in [1.29, 1.82) is 0 Å². The first-order valence-corrected chi connectivity index (χ1v) is 15.8. The number of H-pyrrole nitrogens is 1. The molecule has 0 bridgehead atoms. The Balaban J connectivity index is 1.37. The normalized spacial score (nSPS) is 14.7. The second-order valence-electron chi connectivity index (χ2n) is 12.6. The van der Waals surface area contributed by atoms with Crippen LogP contribution in [-0.4, -0.2) is 75.0 Å². The van der Waals surface area contributed by atoms with Crippen molar-refractivity contribution in [3.05, 3.63) is 111 Å². The number of pyridine rings is 2. The Morgan fingerprint density at radius 3 is 2.61 bits per heavy atom. The van der Waals surface area contributed by atoms with Gasteiger partial charge in [-0.1, -0.05) is 12.1 Å². The van der Waals surface area contributed by atoms with E-state index in [1.807, 2.05) is 43.8 Å². The van der Waals surface area contributed by atoms with Crippen LogP contribution in [-0.2, 0) is 17.8 Å². The number of amides is 1. The van der Waals surface area contributed by atoms with Crippen molar-refractivity contribution in [2.24, 2.45) is 0 Å². The number of hydrogen-bond acceptors (Lipinski definition) is 6. The van der Waals surface area contributed by atoms with Crippen LogP contribution >= 0.6 is 0 Å². The number of aromatic amines is 1. The van der Waals surface area contributed by atoms with E-state index in [0.717, 1.165) is 64.6 Å². The number of imidazole rings is 1. The van der Waals surface area contributed by atoms with E-state index in [-0.39, 0.29) is 24.1 Å². The largest absolute Gasteiger partial charge is 0.379 e. The standard InChI is InChI=1S/C36H43N7O3/c1-23-14-24(2)39-36(45)32(23)18-37-35(44)31-17-30-16-28(20-43(30)34(25(31)3)26(4)41-10-12-46-13-11-41)33-21-42(22-38-33)29-9-7-8-27(15-29)19-40(5)6/h7-9,14-17,20-22,26H,10-13,18-19H2,1-6H3,(H,37,44)(H,39,45). The Hall–Kier alpha value is -4.51. The number of aromatic nitrogens is 4.